The second-order valence-electron chi connectivity index (χ2n) is 17.0. The van der Waals surface area contributed by atoms with E-state index in [0.717, 1.165) is 71.0 Å². The number of ketones is 1. The average Bonchev–Trinajstić information content (AvgIpc) is 3.53. The van der Waals surface area contributed by atoms with Crippen molar-refractivity contribution >= 4 is 27.5 Å². The molecule has 5 heteroatoms. The Labute approximate surface area is 326 Å². The fraction of sp³-hybridized carbons (Fsp3) is 0.447. The molecule has 0 bridgehead atoms. The Morgan fingerprint density at radius 3 is 2.04 bits per heavy atom. The van der Waals surface area contributed by atoms with Gasteiger partial charge < -0.3 is 9.52 Å². The smallest absolute Gasteiger partial charge is 0.164 e. The number of hydrogen-bond acceptors (Lipinski definition) is 4. The van der Waals surface area contributed by atoms with Crippen molar-refractivity contribution in [2.45, 2.75) is 121 Å². The molecule has 281 valence electrons. The summed E-state index contributed by atoms with van der Waals surface area (Å²) < 4.78 is 6.24. The number of aliphatic hydroxyl groups is 1. The zero-order chi connectivity index (χ0) is 37.8. The first-order chi connectivity index (χ1) is 23.9. The number of aliphatic hydroxyl groups excluding tert-OH is 1. The fourth-order valence-corrected chi connectivity index (χ4v) is 6.36. The molecule has 0 saturated heterocycles. The number of fused-ring (bicyclic) bond motifs is 2. The zero-order valence-electron chi connectivity index (χ0n) is 33.6. The summed E-state index contributed by atoms with van der Waals surface area (Å²) in [6.45, 7) is 25.7. The SMILES string of the molecule is CC(C)(C)Cc1ccc2oc(-c3ccnc(-c4[c-]c5ccccc5c(C(C)(C)C)c4)c3)cc2c1.CCC(C)(CC)C(=O)/C=C(\O)C(C)(CC)CC.[Ir]. The molecule has 0 amide bonds. The van der Waals surface area contributed by atoms with E-state index < -0.39 is 0 Å². The number of carbonyl (C=O) groups is 1. The van der Waals surface area contributed by atoms with Gasteiger partial charge in [0.2, 0.25) is 0 Å². The predicted octanol–water partition coefficient (Wildman–Crippen LogP) is 13.6. The zero-order valence-corrected chi connectivity index (χ0v) is 36.0. The minimum absolute atomic E-state index is 0. The van der Waals surface area contributed by atoms with Crippen LogP contribution < -0.4 is 0 Å². The first-order valence-electron chi connectivity index (χ1n) is 18.8. The predicted molar refractivity (Wildman–Crippen MR) is 216 cm³/mol. The number of furan rings is 1. The topological polar surface area (TPSA) is 63.3 Å². The molecule has 0 fully saturated rings. The van der Waals surface area contributed by atoms with Crippen molar-refractivity contribution in [3.8, 4) is 22.6 Å². The minimum atomic E-state index is -0.337. The van der Waals surface area contributed by atoms with Crippen molar-refractivity contribution in [3.63, 3.8) is 0 Å². The average molecular weight is 879 g/mol. The molecule has 1 N–H and O–H groups in total. The van der Waals surface area contributed by atoms with Gasteiger partial charge in [-0.3, -0.25) is 9.78 Å². The number of hydrogen-bond donors (Lipinski definition) is 1. The van der Waals surface area contributed by atoms with Gasteiger partial charge in [0.25, 0.3) is 0 Å². The van der Waals surface area contributed by atoms with E-state index in [1.165, 1.54) is 22.6 Å². The van der Waals surface area contributed by atoms with Gasteiger partial charge in [-0.05, 0) is 72.8 Å². The van der Waals surface area contributed by atoms with E-state index in [1.54, 1.807) is 0 Å². The van der Waals surface area contributed by atoms with Crippen molar-refractivity contribution in [2.24, 2.45) is 16.2 Å². The van der Waals surface area contributed by atoms with Gasteiger partial charge in [-0.2, -0.15) is 0 Å². The Kier molecular flexibility index (Phi) is 14.1. The van der Waals surface area contributed by atoms with E-state index in [0.29, 0.717) is 0 Å². The largest absolute Gasteiger partial charge is 0.512 e. The van der Waals surface area contributed by atoms with Gasteiger partial charge in [0.15, 0.2) is 5.78 Å². The van der Waals surface area contributed by atoms with Crippen LogP contribution in [0.1, 0.15) is 120 Å². The van der Waals surface area contributed by atoms with Crippen LogP contribution in [-0.2, 0) is 36.7 Å². The van der Waals surface area contributed by atoms with E-state index in [9.17, 15) is 9.90 Å². The van der Waals surface area contributed by atoms with Crippen LogP contribution in [0, 0.1) is 22.3 Å². The van der Waals surface area contributed by atoms with E-state index in [1.807, 2.05) is 53.8 Å². The Balaban J connectivity index is 0.000000347. The summed E-state index contributed by atoms with van der Waals surface area (Å²) in [6.07, 6.45) is 7.66. The molecule has 2 aromatic heterocycles. The Bertz CT molecular complexity index is 2000. The molecule has 1 radical (unpaired) electrons. The molecular weight excluding hydrogens is 819 g/mol. The van der Waals surface area contributed by atoms with Crippen LogP contribution in [0.2, 0.25) is 0 Å². The number of carbonyl (C=O) groups excluding carboxylic acids is 1. The Morgan fingerprint density at radius 2 is 1.44 bits per heavy atom. The summed E-state index contributed by atoms with van der Waals surface area (Å²) in [5.74, 6) is 1.15. The molecule has 0 aliphatic rings. The van der Waals surface area contributed by atoms with E-state index in [2.05, 4.69) is 108 Å². The normalized spacial score (nSPS) is 12.7. The molecule has 3 aromatic carbocycles. The van der Waals surface area contributed by atoms with Crippen LogP contribution in [0.25, 0.3) is 44.3 Å². The third-order valence-corrected chi connectivity index (χ3v) is 10.8. The number of aromatic nitrogens is 1. The molecule has 2 heterocycles. The number of allylic oxidation sites excluding steroid dienone is 2. The van der Waals surface area contributed by atoms with Gasteiger partial charge in [0.05, 0.1) is 0 Å². The van der Waals surface area contributed by atoms with Crippen molar-refractivity contribution in [3.05, 3.63) is 102 Å². The molecule has 52 heavy (non-hydrogen) atoms. The van der Waals surface area contributed by atoms with Gasteiger partial charge in [0, 0.05) is 59.9 Å². The van der Waals surface area contributed by atoms with Gasteiger partial charge in [0.1, 0.15) is 17.1 Å². The molecule has 0 unspecified atom stereocenters. The maximum absolute atomic E-state index is 12.2. The molecule has 0 aliphatic heterocycles. The Hall–Kier alpha value is -3.53. The van der Waals surface area contributed by atoms with E-state index in [4.69, 9.17) is 9.40 Å². The summed E-state index contributed by atoms with van der Waals surface area (Å²) in [5.41, 5.74) is 6.16. The monoisotopic (exact) mass is 879 g/mol. The summed E-state index contributed by atoms with van der Waals surface area (Å²) in [5, 5.41) is 13.6. The molecule has 4 nitrogen and oxygen atoms in total. The maximum Gasteiger partial charge on any atom is 0.164 e. The quantitative estimate of drug-likeness (QED) is 0.0862. The molecule has 5 aromatic rings. The molecule has 5 rings (SSSR count). The third kappa shape index (κ3) is 10.1. The molecule has 0 saturated carbocycles. The van der Waals surface area contributed by atoms with Crippen LogP contribution in [0.4, 0.5) is 0 Å². The van der Waals surface area contributed by atoms with Crippen molar-refractivity contribution in [1.29, 1.82) is 0 Å². The number of rotatable bonds is 10. The van der Waals surface area contributed by atoms with E-state index in [-0.39, 0.29) is 53.3 Å². The molecule has 0 atom stereocenters. The number of nitrogens with zero attached hydrogens (tertiary/aromatic N) is 1. The summed E-state index contributed by atoms with van der Waals surface area (Å²) >= 11 is 0. The van der Waals surface area contributed by atoms with Gasteiger partial charge in [-0.25, -0.2) is 0 Å². The molecular formula is C47H60IrNO3-. The van der Waals surface area contributed by atoms with Crippen LogP contribution in [0.3, 0.4) is 0 Å². The second kappa shape index (κ2) is 17.1. The van der Waals surface area contributed by atoms with Crippen LogP contribution in [0.15, 0.2) is 89.2 Å². The van der Waals surface area contributed by atoms with Gasteiger partial charge >= 0.3 is 0 Å². The molecule has 0 spiro atoms. The minimum Gasteiger partial charge on any atom is -0.512 e. The van der Waals surface area contributed by atoms with Crippen LogP contribution in [-0.4, -0.2) is 15.9 Å². The fourth-order valence-electron chi connectivity index (χ4n) is 6.36. The summed E-state index contributed by atoms with van der Waals surface area (Å²) in [7, 11) is 0. The van der Waals surface area contributed by atoms with Gasteiger partial charge in [-0.15, -0.1) is 29.1 Å². The first kappa shape index (κ1) is 42.9. The summed E-state index contributed by atoms with van der Waals surface area (Å²) in [4.78, 5) is 16.9. The third-order valence-electron chi connectivity index (χ3n) is 10.8. The van der Waals surface area contributed by atoms with Crippen molar-refractivity contribution in [2.75, 3.05) is 0 Å². The van der Waals surface area contributed by atoms with Crippen LogP contribution in [0.5, 0.6) is 0 Å². The second-order valence-corrected chi connectivity index (χ2v) is 17.0. The molecule has 0 aliphatic carbocycles. The van der Waals surface area contributed by atoms with E-state index >= 15 is 0 Å². The first-order valence-corrected chi connectivity index (χ1v) is 18.8. The van der Waals surface area contributed by atoms with Crippen molar-refractivity contribution in [1.82, 2.24) is 4.98 Å². The standard InChI is InChI=1S/C32H32NO.C15H28O2.Ir/c1-31(2,3)20-21-11-12-29-25(15-21)19-30(34-29)23-13-14-33-28(18-23)24-16-22-9-7-8-10-26(22)27(17-24)32(4,5)6;1-7-14(5,8-2)12(16)11-13(17)15(6,9-3)10-4;/h7-15,17-19H,20H2,1-6H3;11,16H,7-10H2,1-6H3;/q-1;;/b;12-11-;. The number of benzene rings is 3. The summed E-state index contributed by atoms with van der Waals surface area (Å²) in [6, 6.07) is 27.1. The van der Waals surface area contributed by atoms with Crippen LogP contribution >= 0.6 is 0 Å². The Morgan fingerprint density at radius 1 is 0.808 bits per heavy atom. The van der Waals surface area contributed by atoms with Crippen molar-refractivity contribution < 1.29 is 34.4 Å². The van der Waals surface area contributed by atoms with Gasteiger partial charge in [-0.1, -0.05) is 124 Å². The maximum atomic E-state index is 12.2. The number of pyridine rings is 1.